The first-order valence-electron chi connectivity index (χ1n) is 9.18. The summed E-state index contributed by atoms with van der Waals surface area (Å²) in [5.41, 5.74) is 0. The van der Waals surface area contributed by atoms with E-state index in [1.807, 2.05) is 7.05 Å². The summed E-state index contributed by atoms with van der Waals surface area (Å²) >= 11 is 0. The van der Waals surface area contributed by atoms with Gasteiger partial charge in [0.05, 0.1) is 0 Å². The summed E-state index contributed by atoms with van der Waals surface area (Å²) in [5.74, 6) is 2.36. The molecule has 2 rings (SSSR count). The standard InChI is InChI=1S/C18H34N2O/c1-3-6-17(13-15-7-4-5-8-15)18(21)20-11-9-16(10-12-20)14-19-2/h15-17,19H,3-14H2,1-2H3. The van der Waals surface area contributed by atoms with E-state index in [0.29, 0.717) is 11.8 Å². The Hall–Kier alpha value is -0.570. The maximum absolute atomic E-state index is 12.9. The summed E-state index contributed by atoms with van der Waals surface area (Å²) in [6.07, 6.45) is 11.2. The van der Waals surface area contributed by atoms with Crippen LogP contribution in [0.5, 0.6) is 0 Å². The smallest absolute Gasteiger partial charge is 0.225 e. The lowest BCUT2D eigenvalue weighted by molar-refractivity contribution is -0.137. The van der Waals surface area contributed by atoms with Gasteiger partial charge in [0.25, 0.3) is 0 Å². The minimum absolute atomic E-state index is 0.305. The Morgan fingerprint density at radius 3 is 2.38 bits per heavy atom. The molecule has 0 aromatic heterocycles. The number of rotatable bonds is 7. The van der Waals surface area contributed by atoms with Gasteiger partial charge in [-0.25, -0.2) is 0 Å². The largest absolute Gasteiger partial charge is 0.342 e. The molecule has 0 radical (unpaired) electrons. The van der Waals surface area contributed by atoms with Crippen LogP contribution in [0.25, 0.3) is 0 Å². The van der Waals surface area contributed by atoms with Crippen molar-refractivity contribution in [3.63, 3.8) is 0 Å². The van der Waals surface area contributed by atoms with Crippen LogP contribution in [0.4, 0.5) is 0 Å². The number of hydrogen-bond donors (Lipinski definition) is 1. The molecular formula is C18H34N2O. The lowest BCUT2D eigenvalue weighted by Crippen LogP contribution is -2.43. The highest BCUT2D eigenvalue weighted by Gasteiger charge is 2.30. The molecule has 122 valence electrons. The molecule has 2 aliphatic rings. The van der Waals surface area contributed by atoms with E-state index in [2.05, 4.69) is 17.1 Å². The molecule has 0 bridgehead atoms. The number of amides is 1. The van der Waals surface area contributed by atoms with Gasteiger partial charge in [-0.2, -0.15) is 0 Å². The van der Waals surface area contributed by atoms with Crippen LogP contribution in [0.2, 0.25) is 0 Å². The molecule has 1 unspecified atom stereocenters. The van der Waals surface area contributed by atoms with Gasteiger partial charge in [-0.05, 0) is 51.1 Å². The molecule has 1 amide bonds. The van der Waals surface area contributed by atoms with Gasteiger partial charge in [0, 0.05) is 19.0 Å². The molecule has 21 heavy (non-hydrogen) atoms. The zero-order valence-corrected chi connectivity index (χ0v) is 14.1. The fourth-order valence-corrected chi connectivity index (χ4v) is 4.24. The maximum Gasteiger partial charge on any atom is 0.225 e. The fourth-order valence-electron chi connectivity index (χ4n) is 4.24. The van der Waals surface area contributed by atoms with E-state index in [4.69, 9.17) is 0 Å². The summed E-state index contributed by atoms with van der Waals surface area (Å²) in [7, 11) is 2.02. The van der Waals surface area contributed by atoms with Crippen molar-refractivity contribution in [1.29, 1.82) is 0 Å². The minimum atomic E-state index is 0.305. The molecule has 3 heteroatoms. The summed E-state index contributed by atoms with van der Waals surface area (Å²) < 4.78 is 0. The van der Waals surface area contributed by atoms with E-state index in [9.17, 15) is 4.79 Å². The second kappa shape index (κ2) is 8.77. The normalized spacial score (nSPS) is 22.7. The van der Waals surface area contributed by atoms with Crippen LogP contribution in [-0.2, 0) is 4.79 Å². The van der Waals surface area contributed by atoms with Crippen molar-refractivity contribution in [1.82, 2.24) is 10.2 Å². The Morgan fingerprint density at radius 2 is 1.81 bits per heavy atom. The molecule has 1 atom stereocenters. The van der Waals surface area contributed by atoms with Gasteiger partial charge in [-0.3, -0.25) is 4.79 Å². The van der Waals surface area contributed by atoms with Crippen LogP contribution >= 0.6 is 0 Å². The lowest BCUT2D eigenvalue weighted by atomic mass is 9.88. The quantitative estimate of drug-likeness (QED) is 0.780. The Morgan fingerprint density at radius 1 is 1.14 bits per heavy atom. The Bertz CT molecular complexity index is 304. The van der Waals surface area contributed by atoms with E-state index in [1.54, 1.807) is 0 Å². The van der Waals surface area contributed by atoms with Crippen molar-refractivity contribution in [3.05, 3.63) is 0 Å². The summed E-state index contributed by atoms with van der Waals surface area (Å²) in [6.45, 7) is 5.28. The minimum Gasteiger partial charge on any atom is -0.342 e. The molecule has 0 aromatic carbocycles. The molecule has 1 saturated carbocycles. The number of hydrogen-bond acceptors (Lipinski definition) is 2. The molecule has 2 fully saturated rings. The van der Waals surface area contributed by atoms with E-state index >= 15 is 0 Å². The zero-order chi connectivity index (χ0) is 15.1. The average Bonchev–Trinajstić information content (AvgIpc) is 3.00. The maximum atomic E-state index is 12.9. The van der Waals surface area contributed by atoms with Crippen molar-refractivity contribution in [2.75, 3.05) is 26.7 Å². The monoisotopic (exact) mass is 294 g/mol. The highest BCUT2D eigenvalue weighted by Crippen LogP contribution is 2.33. The molecule has 1 N–H and O–H groups in total. The number of nitrogens with zero attached hydrogens (tertiary/aromatic N) is 1. The Balaban J connectivity index is 1.83. The zero-order valence-electron chi connectivity index (χ0n) is 14.1. The van der Waals surface area contributed by atoms with E-state index < -0.39 is 0 Å². The second-order valence-corrected chi connectivity index (χ2v) is 7.20. The van der Waals surface area contributed by atoms with Crippen LogP contribution in [0.3, 0.4) is 0 Å². The average molecular weight is 294 g/mol. The molecule has 0 spiro atoms. The third kappa shape index (κ3) is 4.98. The van der Waals surface area contributed by atoms with Crippen molar-refractivity contribution in [3.8, 4) is 0 Å². The first-order valence-corrected chi connectivity index (χ1v) is 9.18. The van der Waals surface area contributed by atoms with Gasteiger partial charge in [0.2, 0.25) is 5.91 Å². The molecule has 0 aromatic rings. The predicted octanol–water partition coefficient (Wildman–Crippen LogP) is 3.44. The first kappa shape index (κ1) is 16.8. The van der Waals surface area contributed by atoms with E-state index in [0.717, 1.165) is 50.7 Å². The molecule has 3 nitrogen and oxygen atoms in total. The molecular weight excluding hydrogens is 260 g/mol. The van der Waals surface area contributed by atoms with Crippen LogP contribution < -0.4 is 5.32 Å². The summed E-state index contributed by atoms with van der Waals surface area (Å²) in [4.78, 5) is 15.0. The third-order valence-corrected chi connectivity index (χ3v) is 5.50. The van der Waals surface area contributed by atoms with E-state index in [1.165, 1.54) is 38.5 Å². The Labute approximate surface area is 130 Å². The SMILES string of the molecule is CCCC(CC1CCCC1)C(=O)N1CCC(CNC)CC1. The predicted molar refractivity (Wildman–Crippen MR) is 88.2 cm³/mol. The van der Waals surface area contributed by atoms with Crippen LogP contribution in [0.1, 0.15) is 64.7 Å². The van der Waals surface area contributed by atoms with Gasteiger partial charge in [0.15, 0.2) is 0 Å². The number of carbonyl (C=O) groups excluding carboxylic acids is 1. The highest BCUT2D eigenvalue weighted by atomic mass is 16.2. The van der Waals surface area contributed by atoms with Crippen LogP contribution in [0, 0.1) is 17.8 Å². The number of piperidine rings is 1. The fraction of sp³-hybridized carbons (Fsp3) is 0.944. The van der Waals surface area contributed by atoms with Gasteiger partial charge in [-0.15, -0.1) is 0 Å². The topological polar surface area (TPSA) is 32.3 Å². The second-order valence-electron chi connectivity index (χ2n) is 7.20. The number of carbonyl (C=O) groups is 1. The van der Waals surface area contributed by atoms with Gasteiger partial charge in [-0.1, -0.05) is 39.0 Å². The highest BCUT2D eigenvalue weighted by molar-refractivity contribution is 5.79. The van der Waals surface area contributed by atoms with Gasteiger partial charge >= 0.3 is 0 Å². The Kier molecular flexibility index (Phi) is 7.01. The van der Waals surface area contributed by atoms with Crippen LogP contribution in [0.15, 0.2) is 0 Å². The van der Waals surface area contributed by atoms with E-state index in [-0.39, 0.29) is 0 Å². The van der Waals surface area contributed by atoms with Crippen molar-refractivity contribution in [2.24, 2.45) is 17.8 Å². The molecule has 1 aliphatic carbocycles. The molecule has 1 heterocycles. The van der Waals surface area contributed by atoms with Gasteiger partial charge in [0.1, 0.15) is 0 Å². The molecule has 1 aliphatic heterocycles. The van der Waals surface area contributed by atoms with Crippen molar-refractivity contribution in [2.45, 2.75) is 64.7 Å². The molecule has 1 saturated heterocycles. The first-order chi connectivity index (χ1) is 10.2. The number of likely N-dealkylation sites (tertiary alicyclic amines) is 1. The van der Waals surface area contributed by atoms with Crippen molar-refractivity contribution >= 4 is 5.91 Å². The summed E-state index contributed by atoms with van der Waals surface area (Å²) in [6, 6.07) is 0. The summed E-state index contributed by atoms with van der Waals surface area (Å²) in [5, 5.41) is 3.27. The number of nitrogens with one attached hydrogen (secondary N) is 1. The van der Waals surface area contributed by atoms with Crippen molar-refractivity contribution < 1.29 is 4.79 Å². The van der Waals surface area contributed by atoms with Gasteiger partial charge < -0.3 is 10.2 Å². The lowest BCUT2D eigenvalue weighted by Gasteiger charge is -2.35. The third-order valence-electron chi connectivity index (χ3n) is 5.50. The van der Waals surface area contributed by atoms with Crippen LogP contribution in [-0.4, -0.2) is 37.5 Å².